The number of halogens is 2. The Morgan fingerprint density at radius 1 is 1.25 bits per heavy atom. The molecule has 2 aromatic rings. The zero-order valence-corrected chi connectivity index (χ0v) is 13.0. The number of rotatable bonds is 4. The molecule has 0 aliphatic heterocycles. The van der Waals surface area contributed by atoms with Crippen molar-refractivity contribution < 1.29 is 9.18 Å². The fourth-order valence-corrected chi connectivity index (χ4v) is 2.46. The number of amides is 1. The van der Waals surface area contributed by atoms with E-state index in [9.17, 15) is 9.18 Å². The van der Waals surface area contributed by atoms with E-state index in [1.54, 1.807) is 0 Å². The predicted octanol–water partition coefficient (Wildman–Crippen LogP) is 4.07. The molecule has 0 saturated carbocycles. The number of thiol groups is 1. The summed E-state index contributed by atoms with van der Waals surface area (Å²) < 4.78 is 13.5. The Bertz CT molecular complexity index is 606. The highest BCUT2D eigenvalue weighted by Crippen LogP contribution is 2.23. The van der Waals surface area contributed by atoms with Gasteiger partial charge in [-0.25, -0.2) is 4.39 Å². The number of benzene rings is 2. The molecule has 2 rings (SSSR count). The molecule has 0 heterocycles. The third-order valence-corrected chi connectivity index (χ3v) is 3.84. The first-order valence-corrected chi connectivity index (χ1v) is 7.35. The van der Waals surface area contributed by atoms with E-state index < -0.39 is 5.25 Å². The van der Waals surface area contributed by atoms with Crippen molar-refractivity contribution in [2.24, 2.45) is 0 Å². The van der Waals surface area contributed by atoms with Crippen molar-refractivity contribution >= 4 is 40.2 Å². The zero-order valence-electron chi connectivity index (χ0n) is 10.5. The average molecular weight is 354 g/mol. The molecule has 1 unspecified atom stereocenters. The Balaban J connectivity index is 2.01. The lowest BCUT2D eigenvalue weighted by molar-refractivity contribution is -0.115. The van der Waals surface area contributed by atoms with Gasteiger partial charge in [0.15, 0.2) is 0 Å². The highest BCUT2D eigenvalue weighted by atomic mass is 79.9. The third-order valence-electron chi connectivity index (χ3n) is 2.76. The highest BCUT2D eigenvalue weighted by molar-refractivity contribution is 9.10. The fourth-order valence-electron chi connectivity index (χ4n) is 1.74. The van der Waals surface area contributed by atoms with Gasteiger partial charge in [0.2, 0.25) is 5.91 Å². The van der Waals surface area contributed by atoms with Crippen molar-refractivity contribution in [3.63, 3.8) is 0 Å². The van der Waals surface area contributed by atoms with Crippen molar-refractivity contribution in [3.8, 4) is 0 Å². The maximum Gasteiger partial charge on any atom is 0.237 e. The van der Waals surface area contributed by atoms with Gasteiger partial charge in [0.1, 0.15) is 5.82 Å². The number of hydrogen-bond donors (Lipinski definition) is 2. The molecule has 0 fully saturated rings. The predicted molar refractivity (Wildman–Crippen MR) is 85.6 cm³/mol. The Hall–Kier alpha value is -1.33. The van der Waals surface area contributed by atoms with E-state index in [1.807, 2.05) is 30.3 Å². The smallest absolute Gasteiger partial charge is 0.237 e. The summed E-state index contributed by atoms with van der Waals surface area (Å²) in [6.07, 6.45) is 0.536. The molecule has 0 aliphatic rings. The summed E-state index contributed by atoms with van der Waals surface area (Å²) in [4.78, 5) is 12.1. The van der Waals surface area contributed by atoms with Gasteiger partial charge in [0, 0.05) is 4.47 Å². The van der Waals surface area contributed by atoms with Gasteiger partial charge in [-0.2, -0.15) is 12.6 Å². The summed E-state index contributed by atoms with van der Waals surface area (Å²) in [5.74, 6) is -0.578. The number of anilines is 1. The minimum atomic E-state index is -0.464. The maximum absolute atomic E-state index is 13.0. The standard InChI is InChI=1S/C15H13BrFNOS/c16-12-9-11(17)6-7-13(12)18-15(19)14(20)8-10-4-2-1-3-5-10/h1-7,9,14,20H,8H2,(H,18,19). The molecule has 0 saturated heterocycles. The summed E-state index contributed by atoms with van der Waals surface area (Å²) in [6, 6.07) is 13.8. The molecule has 0 spiro atoms. The molecule has 0 radical (unpaired) electrons. The van der Waals surface area contributed by atoms with Gasteiger partial charge < -0.3 is 5.32 Å². The molecule has 0 bridgehead atoms. The lowest BCUT2D eigenvalue weighted by Gasteiger charge is -2.12. The van der Waals surface area contributed by atoms with Gasteiger partial charge >= 0.3 is 0 Å². The van der Waals surface area contributed by atoms with Crippen molar-refractivity contribution in [1.82, 2.24) is 0 Å². The van der Waals surface area contributed by atoms with Crippen LogP contribution in [0.2, 0.25) is 0 Å². The summed E-state index contributed by atoms with van der Waals surface area (Å²) >= 11 is 7.53. The molecule has 1 N–H and O–H groups in total. The Morgan fingerprint density at radius 2 is 1.95 bits per heavy atom. The Morgan fingerprint density at radius 3 is 2.60 bits per heavy atom. The minimum absolute atomic E-state index is 0.218. The number of hydrogen-bond acceptors (Lipinski definition) is 2. The van der Waals surface area contributed by atoms with E-state index in [2.05, 4.69) is 33.9 Å². The minimum Gasteiger partial charge on any atom is -0.324 e. The van der Waals surface area contributed by atoms with E-state index in [1.165, 1.54) is 18.2 Å². The second-order valence-electron chi connectivity index (χ2n) is 4.32. The van der Waals surface area contributed by atoms with Crippen LogP contribution in [-0.4, -0.2) is 11.2 Å². The van der Waals surface area contributed by atoms with Crippen LogP contribution in [0, 0.1) is 5.82 Å². The fraction of sp³-hybridized carbons (Fsp3) is 0.133. The van der Waals surface area contributed by atoms with Crippen LogP contribution >= 0.6 is 28.6 Å². The van der Waals surface area contributed by atoms with Crippen LogP contribution in [0.25, 0.3) is 0 Å². The second kappa shape index (κ2) is 6.90. The summed E-state index contributed by atoms with van der Waals surface area (Å²) in [7, 11) is 0. The summed E-state index contributed by atoms with van der Waals surface area (Å²) in [6.45, 7) is 0. The van der Waals surface area contributed by atoms with Crippen LogP contribution in [0.15, 0.2) is 53.0 Å². The topological polar surface area (TPSA) is 29.1 Å². The first-order valence-electron chi connectivity index (χ1n) is 6.04. The zero-order chi connectivity index (χ0) is 14.5. The summed E-state index contributed by atoms with van der Waals surface area (Å²) in [5, 5.41) is 2.27. The highest BCUT2D eigenvalue weighted by Gasteiger charge is 2.15. The van der Waals surface area contributed by atoms with Gasteiger partial charge in [0.05, 0.1) is 10.9 Å². The van der Waals surface area contributed by atoms with Crippen LogP contribution in [0.5, 0.6) is 0 Å². The Labute approximate surface area is 130 Å². The third kappa shape index (κ3) is 4.08. The van der Waals surface area contributed by atoms with Crippen LogP contribution in [0.1, 0.15) is 5.56 Å². The lowest BCUT2D eigenvalue weighted by Crippen LogP contribution is -2.25. The van der Waals surface area contributed by atoms with Gasteiger partial charge in [-0.05, 0) is 46.1 Å². The van der Waals surface area contributed by atoms with E-state index in [-0.39, 0.29) is 11.7 Å². The maximum atomic E-state index is 13.0. The molecule has 0 aliphatic carbocycles. The van der Waals surface area contributed by atoms with E-state index in [4.69, 9.17) is 0 Å². The molecule has 1 atom stereocenters. The second-order valence-corrected chi connectivity index (χ2v) is 5.80. The van der Waals surface area contributed by atoms with Gasteiger partial charge in [-0.15, -0.1) is 0 Å². The van der Waals surface area contributed by atoms with Crippen LogP contribution in [-0.2, 0) is 11.2 Å². The molecule has 0 aromatic heterocycles. The van der Waals surface area contributed by atoms with E-state index in [0.717, 1.165) is 5.56 Å². The largest absolute Gasteiger partial charge is 0.324 e. The molecule has 2 nitrogen and oxygen atoms in total. The number of carbonyl (C=O) groups is 1. The number of nitrogens with one attached hydrogen (secondary N) is 1. The van der Waals surface area contributed by atoms with Crippen LogP contribution in [0.4, 0.5) is 10.1 Å². The molecule has 5 heteroatoms. The monoisotopic (exact) mass is 353 g/mol. The van der Waals surface area contributed by atoms with Crippen LogP contribution in [0.3, 0.4) is 0 Å². The molecular formula is C15H13BrFNOS. The Kier molecular flexibility index (Phi) is 5.20. The normalized spacial score (nSPS) is 11.9. The van der Waals surface area contributed by atoms with E-state index in [0.29, 0.717) is 16.6 Å². The molecular weight excluding hydrogens is 341 g/mol. The first kappa shape index (κ1) is 15.1. The van der Waals surface area contributed by atoms with Crippen molar-refractivity contribution in [2.75, 3.05) is 5.32 Å². The molecule has 2 aromatic carbocycles. The van der Waals surface area contributed by atoms with Gasteiger partial charge in [-0.3, -0.25) is 4.79 Å². The quantitative estimate of drug-likeness (QED) is 0.797. The SMILES string of the molecule is O=C(Nc1ccc(F)cc1Br)C(S)Cc1ccccc1. The van der Waals surface area contributed by atoms with Crippen LogP contribution < -0.4 is 5.32 Å². The average Bonchev–Trinajstić information content (AvgIpc) is 2.43. The van der Waals surface area contributed by atoms with Gasteiger partial charge in [0.25, 0.3) is 0 Å². The molecule has 1 amide bonds. The summed E-state index contributed by atoms with van der Waals surface area (Å²) in [5.41, 5.74) is 1.57. The van der Waals surface area contributed by atoms with Crippen molar-refractivity contribution in [3.05, 3.63) is 64.4 Å². The van der Waals surface area contributed by atoms with Crippen molar-refractivity contribution in [2.45, 2.75) is 11.7 Å². The first-order chi connectivity index (χ1) is 9.56. The lowest BCUT2D eigenvalue weighted by atomic mass is 10.1. The molecule has 104 valence electrons. The van der Waals surface area contributed by atoms with Gasteiger partial charge in [-0.1, -0.05) is 30.3 Å². The number of carbonyl (C=O) groups excluding carboxylic acids is 1. The van der Waals surface area contributed by atoms with E-state index >= 15 is 0 Å². The van der Waals surface area contributed by atoms with Crippen molar-refractivity contribution in [1.29, 1.82) is 0 Å². The molecule has 20 heavy (non-hydrogen) atoms.